The normalized spacial score (nSPS) is 17.6. The van der Waals surface area contributed by atoms with Gasteiger partial charge in [0.15, 0.2) is 0 Å². The number of hydrogen-bond acceptors (Lipinski definition) is 3. The summed E-state index contributed by atoms with van der Waals surface area (Å²) >= 11 is 0. The summed E-state index contributed by atoms with van der Waals surface area (Å²) in [7, 11) is 0. The maximum atomic E-state index is 4.13. The summed E-state index contributed by atoms with van der Waals surface area (Å²) in [6.07, 6.45) is 6.93. The van der Waals surface area contributed by atoms with E-state index in [4.69, 9.17) is 0 Å². The van der Waals surface area contributed by atoms with Crippen molar-refractivity contribution in [1.82, 2.24) is 20.3 Å². The van der Waals surface area contributed by atoms with Gasteiger partial charge in [-0.1, -0.05) is 19.1 Å². The standard InChI is InChI=1S/C12H22N4/c1-3-8-16-12(9-14-15-16)10(2)6-7-13-11-4-5-11/h9-11,13H,3-8H2,1-2H3. The van der Waals surface area contributed by atoms with Crippen LogP contribution in [0.2, 0.25) is 0 Å². The van der Waals surface area contributed by atoms with Crippen LogP contribution in [0.25, 0.3) is 0 Å². The Morgan fingerprint density at radius 3 is 3.06 bits per heavy atom. The molecule has 1 fully saturated rings. The fourth-order valence-corrected chi connectivity index (χ4v) is 1.97. The summed E-state index contributed by atoms with van der Waals surface area (Å²) in [5, 5.41) is 11.7. The molecule has 4 heteroatoms. The first-order valence-electron chi connectivity index (χ1n) is 6.43. The lowest BCUT2D eigenvalue weighted by molar-refractivity contribution is 0.510. The van der Waals surface area contributed by atoms with Gasteiger partial charge in [0.25, 0.3) is 0 Å². The van der Waals surface area contributed by atoms with E-state index in [1.807, 2.05) is 10.9 Å². The van der Waals surface area contributed by atoms with Crippen LogP contribution in [-0.2, 0) is 6.54 Å². The lowest BCUT2D eigenvalue weighted by Gasteiger charge is -2.13. The molecule has 1 aliphatic rings. The van der Waals surface area contributed by atoms with Crippen molar-refractivity contribution in [3.05, 3.63) is 11.9 Å². The van der Waals surface area contributed by atoms with E-state index < -0.39 is 0 Å². The van der Waals surface area contributed by atoms with E-state index in [1.54, 1.807) is 0 Å². The Kier molecular flexibility index (Phi) is 3.93. The van der Waals surface area contributed by atoms with Crippen molar-refractivity contribution >= 4 is 0 Å². The van der Waals surface area contributed by atoms with E-state index in [-0.39, 0.29) is 0 Å². The highest BCUT2D eigenvalue weighted by atomic mass is 15.4. The molecule has 1 unspecified atom stereocenters. The second-order valence-electron chi connectivity index (χ2n) is 4.80. The minimum absolute atomic E-state index is 0.549. The molecule has 0 aromatic carbocycles. The largest absolute Gasteiger partial charge is 0.314 e. The molecule has 1 saturated carbocycles. The van der Waals surface area contributed by atoms with Gasteiger partial charge in [-0.3, -0.25) is 0 Å². The van der Waals surface area contributed by atoms with Gasteiger partial charge in [-0.2, -0.15) is 0 Å². The van der Waals surface area contributed by atoms with Crippen molar-refractivity contribution in [2.75, 3.05) is 6.54 Å². The number of nitrogens with zero attached hydrogens (tertiary/aromatic N) is 3. The van der Waals surface area contributed by atoms with Crippen molar-refractivity contribution in [2.45, 2.75) is 58.0 Å². The Labute approximate surface area is 97.4 Å². The summed E-state index contributed by atoms with van der Waals surface area (Å²) in [6.45, 7) is 6.53. The zero-order chi connectivity index (χ0) is 11.4. The van der Waals surface area contributed by atoms with E-state index in [9.17, 15) is 0 Å². The molecule has 0 spiro atoms. The van der Waals surface area contributed by atoms with Crippen molar-refractivity contribution < 1.29 is 0 Å². The van der Waals surface area contributed by atoms with Gasteiger partial charge in [-0.15, -0.1) is 5.10 Å². The molecule has 0 saturated heterocycles. The summed E-state index contributed by atoms with van der Waals surface area (Å²) in [4.78, 5) is 0. The summed E-state index contributed by atoms with van der Waals surface area (Å²) < 4.78 is 2.04. The Bertz CT molecular complexity index is 317. The molecular weight excluding hydrogens is 200 g/mol. The second-order valence-corrected chi connectivity index (χ2v) is 4.80. The smallest absolute Gasteiger partial charge is 0.0727 e. The highest BCUT2D eigenvalue weighted by Gasteiger charge is 2.20. The average Bonchev–Trinajstić information content (AvgIpc) is 2.97. The van der Waals surface area contributed by atoms with Gasteiger partial charge in [-0.05, 0) is 32.2 Å². The van der Waals surface area contributed by atoms with Crippen LogP contribution in [0.3, 0.4) is 0 Å². The molecule has 0 aliphatic heterocycles. The van der Waals surface area contributed by atoms with E-state index in [2.05, 4.69) is 29.5 Å². The van der Waals surface area contributed by atoms with Crippen LogP contribution in [0.5, 0.6) is 0 Å². The first-order valence-corrected chi connectivity index (χ1v) is 6.43. The van der Waals surface area contributed by atoms with Crippen LogP contribution < -0.4 is 5.32 Å². The molecule has 1 heterocycles. The first-order chi connectivity index (χ1) is 7.81. The van der Waals surface area contributed by atoms with Crippen LogP contribution in [0.1, 0.15) is 51.1 Å². The van der Waals surface area contributed by atoms with Crippen LogP contribution in [0, 0.1) is 0 Å². The van der Waals surface area contributed by atoms with E-state index >= 15 is 0 Å². The summed E-state index contributed by atoms with van der Waals surface area (Å²) in [5.41, 5.74) is 1.28. The van der Waals surface area contributed by atoms with Gasteiger partial charge < -0.3 is 5.32 Å². The van der Waals surface area contributed by atoms with Gasteiger partial charge in [0.2, 0.25) is 0 Å². The number of rotatable bonds is 7. The topological polar surface area (TPSA) is 42.7 Å². The molecule has 1 N–H and O–H groups in total. The Morgan fingerprint density at radius 1 is 1.56 bits per heavy atom. The molecule has 4 nitrogen and oxygen atoms in total. The molecule has 1 aliphatic carbocycles. The van der Waals surface area contributed by atoms with Gasteiger partial charge in [-0.25, -0.2) is 4.68 Å². The Hall–Kier alpha value is -0.900. The molecule has 90 valence electrons. The van der Waals surface area contributed by atoms with Gasteiger partial charge in [0.1, 0.15) is 0 Å². The molecule has 1 aromatic heterocycles. The first kappa shape index (κ1) is 11.6. The zero-order valence-electron chi connectivity index (χ0n) is 10.3. The highest BCUT2D eigenvalue weighted by Crippen LogP contribution is 2.21. The molecular formula is C12H22N4. The Morgan fingerprint density at radius 2 is 2.38 bits per heavy atom. The molecule has 2 rings (SSSR count). The van der Waals surface area contributed by atoms with Crippen molar-refractivity contribution in [2.24, 2.45) is 0 Å². The minimum Gasteiger partial charge on any atom is -0.314 e. The predicted octanol–water partition coefficient (Wildman–Crippen LogP) is 1.93. The molecule has 0 amide bonds. The average molecular weight is 222 g/mol. The van der Waals surface area contributed by atoms with E-state index in [0.717, 1.165) is 25.6 Å². The van der Waals surface area contributed by atoms with Crippen LogP contribution in [-0.4, -0.2) is 27.6 Å². The monoisotopic (exact) mass is 222 g/mol. The lowest BCUT2D eigenvalue weighted by Crippen LogP contribution is -2.19. The molecule has 1 aromatic rings. The minimum atomic E-state index is 0.549. The predicted molar refractivity (Wildman–Crippen MR) is 64.4 cm³/mol. The van der Waals surface area contributed by atoms with Gasteiger partial charge >= 0.3 is 0 Å². The van der Waals surface area contributed by atoms with Crippen molar-refractivity contribution in [1.29, 1.82) is 0 Å². The van der Waals surface area contributed by atoms with Crippen molar-refractivity contribution in [3.63, 3.8) is 0 Å². The highest BCUT2D eigenvalue weighted by molar-refractivity contribution is 5.02. The maximum Gasteiger partial charge on any atom is 0.0727 e. The van der Waals surface area contributed by atoms with E-state index in [0.29, 0.717) is 5.92 Å². The zero-order valence-corrected chi connectivity index (χ0v) is 10.3. The fraction of sp³-hybridized carbons (Fsp3) is 0.833. The quantitative estimate of drug-likeness (QED) is 0.766. The number of aryl methyl sites for hydroxylation is 1. The summed E-state index contributed by atoms with van der Waals surface area (Å²) in [5.74, 6) is 0.549. The van der Waals surface area contributed by atoms with Crippen LogP contribution >= 0.6 is 0 Å². The second kappa shape index (κ2) is 5.43. The molecule has 1 atom stereocenters. The van der Waals surface area contributed by atoms with Gasteiger partial charge in [0, 0.05) is 18.5 Å². The number of nitrogens with one attached hydrogen (secondary N) is 1. The third-order valence-electron chi connectivity index (χ3n) is 3.18. The molecule has 0 bridgehead atoms. The van der Waals surface area contributed by atoms with E-state index in [1.165, 1.54) is 25.0 Å². The lowest BCUT2D eigenvalue weighted by atomic mass is 10.0. The third-order valence-corrected chi connectivity index (χ3v) is 3.18. The van der Waals surface area contributed by atoms with Crippen LogP contribution in [0.15, 0.2) is 6.20 Å². The van der Waals surface area contributed by atoms with Gasteiger partial charge in [0.05, 0.1) is 11.9 Å². The van der Waals surface area contributed by atoms with Crippen molar-refractivity contribution in [3.8, 4) is 0 Å². The number of aromatic nitrogens is 3. The third kappa shape index (κ3) is 3.04. The molecule has 0 radical (unpaired) electrons. The summed E-state index contributed by atoms with van der Waals surface area (Å²) in [6, 6.07) is 0.811. The number of hydrogen-bond donors (Lipinski definition) is 1. The van der Waals surface area contributed by atoms with Crippen LogP contribution in [0.4, 0.5) is 0 Å². The maximum absolute atomic E-state index is 4.13. The molecule has 16 heavy (non-hydrogen) atoms. The SMILES string of the molecule is CCCn1nncc1C(C)CCNC1CC1. The fourth-order valence-electron chi connectivity index (χ4n) is 1.97. The Balaban J connectivity index is 1.80.